The Bertz CT molecular complexity index is 295. The second-order valence-corrected chi connectivity index (χ2v) is 2.95. The van der Waals surface area contributed by atoms with Crippen molar-refractivity contribution in [2.24, 2.45) is 5.73 Å². The van der Waals surface area contributed by atoms with Crippen LogP contribution in [0, 0.1) is 0 Å². The van der Waals surface area contributed by atoms with Crippen LogP contribution >= 0.6 is 12.4 Å². The number of esters is 1. The summed E-state index contributed by atoms with van der Waals surface area (Å²) < 4.78 is 4.87. The van der Waals surface area contributed by atoms with Crippen LogP contribution in [0.3, 0.4) is 0 Å². The number of nitrogens with two attached hydrogens (primary N) is 1. The minimum atomic E-state index is -0.312. The van der Waals surface area contributed by atoms with Crippen LogP contribution in [0.1, 0.15) is 25.5 Å². The molecule has 78 valence electrons. The number of benzene rings is 1. The molecule has 0 saturated carbocycles. The zero-order valence-corrected chi connectivity index (χ0v) is 9.01. The summed E-state index contributed by atoms with van der Waals surface area (Å²) in [5.74, 6) is 0.241. The van der Waals surface area contributed by atoms with Crippen LogP contribution in [0.25, 0.3) is 0 Å². The van der Waals surface area contributed by atoms with Gasteiger partial charge in [0, 0.05) is 13.0 Å². The highest BCUT2D eigenvalue weighted by molar-refractivity contribution is 5.85. The minimum absolute atomic E-state index is 0. The Morgan fingerprint density at radius 3 is 2.21 bits per heavy atom. The van der Waals surface area contributed by atoms with Crippen molar-refractivity contribution in [3.63, 3.8) is 0 Å². The molecular formula is C10H14ClNO2. The highest BCUT2D eigenvalue weighted by atomic mass is 35.5. The second-order valence-electron chi connectivity index (χ2n) is 2.95. The maximum atomic E-state index is 10.6. The molecule has 1 atom stereocenters. The van der Waals surface area contributed by atoms with Gasteiger partial charge in [0.1, 0.15) is 5.75 Å². The summed E-state index contributed by atoms with van der Waals surface area (Å²) >= 11 is 0. The summed E-state index contributed by atoms with van der Waals surface area (Å²) in [5.41, 5.74) is 6.68. The Balaban J connectivity index is 0.00000169. The SMILES string of the molecule is CC(=O)Oc1ccc(C(C)N)cc1.Cl. The quantitative estimate of drug-likeness (QED) is 0.607. The zero-order valence-electron chi connectivity index (χ0n) is 8.19. The van der Waals surface area contributed by atoms with E-state index in [0.717, 1.165) is 5.56 Å². The average molecular weight is 216 g/mol. The summed E-state index contributed by atoms with van der Waals surface area (Å²) in [5, 5.41) is 0. The van der Waals surface area contributed by atoms with E-state index in [9.17, 15) is 4.79 Å². The number of carbonyl (C=O) groups excluding carboxylic acids is 1. The van der Waals surface area contributed by atoms with E-state index in [1.54, 1.807) is 12.1 Å². The lowest BCUT2D eigenvalue weighted by Crippen LogP contribution is -2.05. The first kappa shape index (κ1) is 12.9. The molecule has 0 bridgehead atoms. The molecule has 0 saturated heterocycles. The molecule has 1 aromatic rings. The molecule has 14 heavy (non-hydrogen) atoms. The number of ether oxygens (including phenoxy) is 1. The van der Waals surface area contributed by atoms with Gasteiger partial charge in [0.15, 0.2) is 0 Å². The molecule has 3 nitrogen and oxygen atoms in total. The van der Waals surface area contributed by atoms with E-state index in [1.807, 2.05) is 19.1 Å². The smallest absolute Gasteiger partial charge is 0.308 e. The van der Waals surface area contributed by atoms with Crippen molar-refractivity contribution in [2.45, 2.75) is 19.9 Å². The van der Waals surface area contributed by atoms with E-state index < -0.39 is 0 Å². The van der Waals surface area contributed by atoms with Crippen molar-refractivity contribution < 1.29 is 9.53 Å². The second kappa shape index (κ2) is 5.62. The van der Waals surface area contributed by atoms with Crippen molar-refractivity contribution in [3.8, 4) is 5.75 Å². The number of halogens is 1. The van der Waals surface area contributed by atoms with Gasteiger partial charge in [-0.3, -0.25) is 4.79 Å². The lowest BCUT2D eigenvalue weighted by molar-refractivity contribution is -0.131. The van der Waals surface area contributed by atoms with Gasteiger partial charge < -0.3 is 10.5 Å². The molecule has 0 aliphatic rings. The van der Waals surface area contributed by atoms with Crippen LogP contribution in [0.4, 0.5) is 0 Å². The number of rotatable bonds is 2. The average Bonchev–Trinajstić information content (AvgIpc) is 2.04. The van der Waals surface area contributed by atoms with Gasteiger partial charge in [0.05, 0.1) is 0 Å². The Morgan fingerprint density at radius 2 is 1.86 bits per heavy atom. The predicted molar refractivity (Wildman–Crippen MR) is 57.6 cm³/mol. The van der Waals surface area contributed by atoms with Crippen LogP contribution in [0.5, 0.6) is 5.75 Å². The summed E-state index contributed by atoms with van der Waals surface area (Å²) in [7, 11) is 0. The third-order valence-corrected chi connectivity index (χ3v) is 1.67. The fourth-order valence-electron chi connectivity index (χ4n) is 1.01. The molecule has 1 unspecified atom stereocenters. The minimum Gasteiger partial charge on any atom is -0.427 e. The monoisotopic (exact) mass is 215 g/mol. The normalized spacial score (nSPS) is 11.4. The standard InChI is InChI=1S/C10H13NO2.ClH/c1-7(11)9-3-5-10(6-4-9)13-8(2)12;/h3-7H,11H2,1-2H3;1H. The van der Waals surface area contributed by atoms with Gasteiger partial charge in [-0.25, -0.2) is 0 Å². The molecule has 0 aromatic heterocycles. The van der Waals surface area contributed by atoms with Crippen LogP contribution in [0.15, 0.2) is 24.3 Å². The van der Waals surface area contributed by atoms with E-state index in [0.29, 0.717) is 5.75 Å². The zero-order chi connectivity index (χ0) is 9.84. The summed E-state index contributed by atoms with van der Waals surface area (Å²) in [6, 6.07) is 7.18. The molecular weight excluding hydrogens is 202 g/mol. The van der Waals surface area contributed by atoms with Gasteiger partial charge in [0.2, 0.25) is 0 Å². The summed E-state index contributed by atoms with van der Waals surface area (Å²) in [4.78, 5) is 10.6. The van der Waals surface area contributed by atoms with E-state index >= 15 is 0 Å². The first-order chi connectivity index (χ1) is 6.09. The molecule has 0 aliphatic heterocycles. The topological polar surface area (TPSA) is 52.3 Å². The first-order valence-corrected chi connectivity index (χ1v) is 4.13. The third-order valence-electron chi connectivity index (χ3n) is 1.67. The van der Waals surface area contributed by atoms with Gasteiger partial charge in [-0.05, 0) is 24.6 Å². The van der Waals surface area contributed by atoms with Crippen LogP contribution in [-0.2, 0) is 4.79 Å². The molecule has 1 rings (SSSR count). The predicted octanol–water partition coefficient (Wildman–Crippen LogP) is 2.05. The van der Waals surface area contributed by atoms with Gasteiger partial charge in [-0.2, -0.15) is 0 Å². The highest BCUT2D eigenvalue weighted by Crippen LogP contribution is 2.15. The van der Waals surface area contributed by atoms with E-state index in [2.05, 4.69) is 0 Å². The van der Waals surface area contributed by atoms with Gasteiger partial charge >= 0.3 is 5.97 Å². The Labute approximate surface area is 89.7 Å². The molecule has 0 heterocycles. The van der Waals surface area contributed by atoms with Crippen molar-refractivity contribution in [1.82, 2.24) is 0 Å². The van der Waals surface area contributed by atoms with Crippen molar-refractivity contribution in [3.05, 3.63) is 29.8 Å². The largest absolute Gasteiger partial charge is 0.427 e. The molecule has 0 aliphatic carbocycles. The van der Waals surface area contributed by atoms with E-state index in [-0.39, 0.29) is 24.4 Å². The fourth-order valence-corrected chi connectivity index (χ4v) is 1.01. The van der Waals surface area contributed by atoms with E-state index in [4.69, 9.17) is 10.5 Å². The Kier molecular flexibility index (Phi) is 5.20. The third kappa shape index (κ3) is 3.77. The van der Waals surface area contributed by atoms with Gasteiger partial charge in [0.25, 0.3) is 0 Å². The first-order valence-electron chi connectivity index (χ1n) is 4.13. The molecule has 2 N–H and O–H groups in total. The molecule has 0 amide bonds. The van der Waals surface area contributed by atoms with Crippen molar-refractivity contribution in [2.75, 3.05) is 0 Å². The van der Waals surface area contributed by atoms with E-state index in [1.165, 1.54) is 6.92 Å². The lowest BCUT2D eigenvalue weighted by Gasteiger charge is -2.06. The number of hydrogen-bond acceptors (Lipinski definition) is 3. The maximum Gasteiger partial charge on any atom is 0.308 e. The molecule has 0 fully saturated rings. The van der Waals surface area contributed by atoms with Gasteiger partial charge in [-0.15, -0.1) is 12.4 Å². The van der Waals surface area contributed by atoms with Crippen LogP contribution in [-0.4, -0.2) is 5.97 Å². The maximum absolute atomic E-state index is 10.6. The van der Waals surface area contributed by atoms with Crippen molar-refractivity contribution >= 4 is 18.4 Å². The van der Waals surface area contributed by atoms with Crippen LogP contribution in [0.2, 0.25) is 0 Å². The Hall–Kier alpha value is -1.06. The summed E-state index contributed by atoms with van der Waals surface area (Å²) in [6.07, 6.45) is 0. The van der Waals surface area contributed by atoms with Gasteiger partial charge in [-0.1, -0.05) is 12.1 Å². The molecule has 4 heteroatoms. The van der Waals surface area contributed by atoms with Crippen molar-refractivity contribution in [1.29, 1.82) is 0 Å². The number of carbonyl (C=O) groups is 1. The summed E-state index contributed by atoms with van der Waals surface area (Å²) in [6.45, 7) is 3.28. The molecule has 1 aromatic carbocycles. The Morgan fingerprint density at radius 1 is 1.36 bits per heavy atom. The lowest BCUT2D eigenvalue weighted by atomic mass is 10.1. The fraction of sp³-hybridized carbons (Fsp3) is 0.300. The number of hydrogen-bond donors (Lipinski definition) is 1. The highest BCUT2D eigenvalue weighted by Gasteiger charge is 2.00. The molecule has 0 spiro atoms. The molecule has 0 radical (unpaired) electrons. The van der Waals surface area contributed by atoms with Crippen LogP contribution < -0.4 is 10.5 Å².